The molecule has 4 N–H and O–H groups in total. The number of nitrogens with one attached hydrogen (secondary N) is 1. The number of ether oxygens (including phenoxy) is 2. The fourth-order valence-electron chi connectivity index (χ4n) is 6.78. The highest BCUT2D eigenvalue weighted by molar-refractivity contribution is 5.68. The summed E-state index contributed by atoms with van der Waals surface area (Å²) in [6, 6.07) is 0. The molecule has 0 spiro atoms. The van der Waals surface area contributed by atoms with Crippen molar-refractivity contribution in [2.75, 3.05) is 85.6 Å². The van der Waals surface area contributed by atoms with E-state index in [1.54, 1.807) is 0 Å². The van der Waals surface area contributed by atoms with Crippen molar-refractivity contribution in [3.05, 3.63) is 0 Å². The molecule has 0 bridgehead atoms. The molecule has 0 aromatic rings. The first-order valence-corrected chi connectivity index (χ1v) is 16.9. The predicted molar refractivity (Wildman–Crippen MR) is 171 cm³/mol. The van der Waals surface area contributed by atoms with Gasteiger partial charge in [-0.3, -0.25) is 0 Å². The Hall–Kier alpha value is -2.31. The SMILES string of the molecule is CC(C)(C)OC(=O)NCC1CCN(CC2CCN(C(=O)O)CC2)CC1.COC(=O)N1CCC(CN2CCC(CN)CC2)CC1. The molecular formula is C32H60N6O6. The zero-order valence-electron chi connectivity index (χ0n) is 27.8. The Morgan fingerprint density at radius 3 is 1.57 bits per heavy atom. The molecule has 4 aliphatic rings. The van der Waals surface area contributed by atoms with Gasteiger partial charge in [-0.05, 0) is 129 Å². The lowest BCUT2D eigenvalue weighted by molar-refractivity contribution is 0.0507. The molecular weight excluding hydrogens is 564 g/mol. The van der Waals surface area contributed by atoms with E-state index in [4.69, 9.17) is 20.3 Å². The monoisotopic (exact) mass is 624 g/mol. The van der Waals surface area contributed by atoms with Crippen LogP contribution in [0.1, 0.15) is 72.1 Å². The van der Waals surface area contributed by atoms with Crippen molar-refractivity contribution in [3.63, 3.8) is 0 Å². The third-order valence-electron chi connectivity index (χ3n) is 9.65. The van der Waals surface area contributed by atoms with Crippen LogP contribution in [0.25, 0.3) is 0 Å². The van der Waals surface area contributed by atoms with Crippen LogP contribution in [0, 0.1) is 23.7 Å². The highest BCUT2D eigenvalue weighted by Gasteiger charge is 2.28. The summed E-state index contributed by atoms with van der Waals surface area (Å²) in [6.45, 7) is 16.9. The van der Waals surface area contributed by atoms with Gasteiger partial charge in [0.05, 0.1) is 7.11 Å². The van der Waals surface area contributed by atoms with Gasteiger partial charge in [0.25, 0.3) is 0 Å². The first-order valence-electron chi connectivity index (χ1n) is 16.9. The maximum Gasteiger partial charge on any atom is 0.409 e. The van der Waals surface area contributed by atoms with Crippen LogP contribution in [0.15, 0.2) is 0 Å². The topological polar surface area (TPSA) is 141 Å². The molecule has 44 heavy (non-hydrogen) atoms. The Kier molecular flexibility index (Phi) is 14.8. The molecule has 12 nitrogen and oxygen atoms in total. The summed E-state index contributed by atoms with van der Waals surface area (Å²) < 4.78 is 10.0. The number of methoxy groups -OCH3 is 1. The van der Waals surface area contributed by atoms with Crippen molar-refractivity contribution in [1.82, 2.24) is 24.9 Å². The summed E-state index contributed by atoms with van der Waals surface area (Å²) in [5.74, 6) is 2.58. The van der Waals surface area contributed by atoms with Crippen molar-refractivity contribution < 1.29 is 29.0 Å². The quantitative estimate of drug-likeness (QED) is 0.386. The van der Waals surface area contributed by atoms with E-state index in [0.717, 1.165) is 89.6 Å². The average molecular weight is 625 g/mol. The van der Waals surface area contributed by atoms with Gasteiger partial charge in [0, 0.05) is 45.8 Å². The molecule has 4 heterocycles. The number of carbonyl (C=O) groups excluding carboxylic acids is 2. The summed E-state index contributed by atoms with van der Waals surface area (Å²) in [5, 5.41) is 11.9. The summed E-state index contributed by atoms with van der Waals surface area (Å²) in [7, 11) is 1.45. The molecule has 3 amide bonds. The second-order valence-electron chi connectivity index (χ2n) is 14.2. The van der Waals surface area contributed by atoms with Crippen molar-refractivity contribution >= 4 is 18.3 Å². The molecule has 0 radical (unpaired) electrons. The minimum atomic E-state index is -0.795. The summed E-state index contributed by atoms with van der Waals surface area (Å²) in [4.78, 5) is 42.5. The van der Waals surface area contributed by atoms with Gasteiger partial charge in [-0.25, -0.2) is 14.4 Å². The molecule has 0 atom stereocenters. The number of likely N-dealkylation sites (tertiary alicyclic amines) is 4. The van der Waals surface area contributed by atoms with E-state index < -0.39 is 11.7 Å². The first-order chi connectivity index (χ1) is 21.0. The standard InChI is InChI=1S/C18H33N3O4.C14H27N3O2/c1-18(2,3)25-16(22)19-12-14-4-8-20(9-5-14)13-15-6-10-21(11-7-15)17(23)24;1-19-14(18)17-8-4-13(5-9-17)11-16-6-2-12(10-15)3-7-16/h14-15H,4-13H2,1-3H3,(H,19,22)(H,23,24);12-13H,2-11,15H2,1H3. The Bertz CT molecular complexity index is 869. The molecule has 0 aliphatic carbocycles. The molecule has 0 saturated carbocycles. The number of rotatable bonds is 7. The number of carboxylic acid groups (broad SMARTS) is 1. The van der Waals surface area contributed by atoms with Gasteiger partial charge in [-0.1, -0.05) is 0 Å². The summed E-state index contributed by atoms with van der Waals surface area (Å²) in [6.07, 6.45) is 7.50. The number of hydrogen-bond acceptors (Lipinski definition) is 8. The number of hydrogen-bond donors (Lipinski definition) is 3. The van der Waals surface area contributed by atoms with E-state index in [-0.39, 0.29) is 12.2 Å². The lowest BCUT2D eigenvalue weighted by Crippen LogP contribution is -2.44. The molecule has 12 heteroatoms. The van der Waals surface area contributed by atoms with Crippen molar-refractivity contribution in [3.8, 4) is 0 Å². The molecule has 0 unspecified atom stereocenters. The third kappa shape index (κ3) is 13.0. The minimum Gasteiger partial charge on any atom is -0.465 e. The molecule has 0 aromatic heterocycles. The smallest absolute Gasteiger partial charge is 0.409 e. The highest BCUT2D eigenvalue weighted by atomic mass is 16.6. The second-order valence-corrected chi connectivity index (χ2v) is 14.2. The van der Waals surface area contributed by atoms with Crippen LogP contribution in [-0.2, 0) is 9.47 Å². The van der Waals surface area contributed by atoms with Crippen molar-refractivity contribution in [2.45, 2.75) is 77.7 Å². The van der Waals surface area contributed by atoms with Crippen LogP contribution in [0.3, 0.4) is 0 Å². The lowest BCUT2D eigenvalue weighted by atomic mass is 9.93. The van der Waals surface area contributed by atoms with Crippen LogP contribution in [0.4, 0.5) is 14.4 Å². The van der Waals surface area contributed by atoms with E-state index in [1.807, 2.05) is 25.7 Å². The number of carbonyl (C=O) groups is 3. The predicted octanol–water partition coefficient (Wildman–Crippen LogP) is 3.75. The van der Waals surface area contributed by atoms with Gasteiger partial charge in [-0.15, -0.1) is 0 Å². The Labute approximate surface area is 264 Å². The average Bonchev–Trinajstić information content (AvgIpc) is 3.01. The Balaban J connectivity index is 0.000000249. The summed E-state index contributed by atoms with van der Waals surface area (Å²) >= 11 is 0. The Morgan fingerprint density at radius 1 is 0.727 bits per heavy atom. The number of alkyl carbamates (subject to hydrolysis) is 1. The number of nitrogens with two attached hydrogens (primary N) is 1. The van der Waals surface area contributed by atoms with Crippen LogP contribution in [0.5, 0.6) is 0 Å². The first kappa shape index (κ1) is 36.2. The Morgan fingerprint density at radius 2 is 1.16 bits per heavy atom. The van der Waals surface area contributed by atoms with Crippen LogP contribution in [0.2, 0.25) is 0 Å². The van der Waals surface area contributed by atoms with E-state index >= 15 is 0 Å². The van der Waals surface area contributed by atoms with Gasteiger partial charge in [0.2, 0.25) is 0 Å². The fraction of sp³-hybridized carbons (Fsp3) is 0.906. The van der Waals surface area contributed by atoms with Crippen molar-refractivity contribution in [2.24, 2.45) is 29.4 Å². The van der Waals surface area contributed by atoms with E-state index in [0.29, 0.717) is 31.5 Å². The van der Waals surface area contributed by atoms with E-state index in [2.05, 4.69) is 15.1 Å². The number of piperidine rings is 4. The second kappa shape index (κ2) is 18.0. The highest BCUT2D eigenvalue weighted by Crippen LogP contribution is 2.24. The zero-order valence-corrected chi connectivity index (χ0v) is 27.8. The van der Waals surface area contributed by atoms with Crippen LogP contribution in [-0.4, -0.2) is 134 Å². The molecule has 254 valence electrons. The van der Waals surface area contributed by atoms with Gasteiger partial charge >= 0.3 is 18.3 Å². The van der Waals surface area contributed by atoms with E-state index in [1.165, 1.54) is 44.5 Å². The largest absolute Gasteiger partial charge is 0.465 e. The van der Waals surface area contributed by atoms with Crippen LogP contribution < -0.4 is 11.1 Å². The number of amides is 3. The van der Waals surface area contributed by atoms with Crippen LogP contribution >= 0.6 is 0 Å². The minimum absolute atomic E-state index is 0.179. The maximum absolute atomic E-state index is 11.7. The third-order valence-corrected chi connectivity index (χ3v) is 9.65. The molecule has 4 rings (SSSR count). The normalized spacial score (nSPS) is 22.2. The molecule has 4 aliphatic heterocycles. The number of nitrogens with zero attached hydrogens (tertiary/aromatic N) is 4. The molecule has 4 fully saturated rings. The van der Waals surface area contributed by atoms with Crippen molar-refractivity contribution in [1.29, 1.82) is 0 Å². The van der Waals surface area contributed by atoms with E-state index in [9.17, 15) is 14.4 Å². The van der Waals surface area contributed by atoms with Gasteiger partial charge in [-0.2, -0.15) is 0 Å². The maximum atomic E-state index is 11.7. The summed E-state index contributed by atoms with van der Waals surface area (Å²) in [5.41, 5.74) is 5.27. The molecule has 4 saturated heterocycles. The molecule has 0 aromatic carbocycles. The van der Waals surface area contributed by atoms with Gasteiger partial charge < -0.3 is 45.2 Å². The fourth-order valence-corrected chi connectivity index (χ4v) is 6.78. The van der Waals surface area contributed by atoms with Gasteiger partial charge in [0.15, 0.2) is 0 Å². The lowest BCUT2D eigenvalue weighted by Gasteiger charge is -2.37. The van der Waals surface area contributed by atoms with Gasteiger partial charge in [0.1, 0.15) is 5.60 Å². The zero-order chi connectivity index (χ0) is 32.1.